The number of aliphatic carboxylic acids is 1. The van der Waals surface area contributed by atoms with Crippen LogP contribution in [0.25, 0.3) is 0 Å². The van der Waals surface area contributed by atoms with Gasteiger partial charge in [0.05, 0.1) is 6.54 Å². The van der Waals surface area contributed by atoms with E-state index >= 15 is 0 Å². The van der Waals surface area contributed by atoms with Crippen molar-refractivity contribution in [3.63, 3.8) is 0 Å². The standard InChI is InChI=1S/C15H24N4O4/c1-10(2)8-12(15(22)23)17-13(20)9-18(4)14(21)11(3)19-7-5-6-16-19/h5-7,10-12H,8-9H2,1-4H3,(H,17,20)(H,22,23)/t11?,12-/m1/s1. The molecule has 1 rings (SSSR count). The molecule has 128 valence electrons. The molecule has 1 heterocycles. The molecular weight excluding hydrogens is 300 g/mol. The molecule has 1 unspecified atom stereocenters. The lowest BCUT2D eigenvalue weighted by molar-refractivity contribution is -0.143. The summed E-state index contributed by atoms with van der Waals surface area (Å²) in [6.07, 6.45) is 3.57. The Morgan fingerprint density at radius 3 is 2.43 bits per heavy atom. The van der Waals surface area contributed by atoms with Gasteiger partial charge in [0.1, 0.15) is 12.1 Å². The molecule has 0 fully saturated rings. The minimum absolute atomic E-state index is 0.135. The van der Waals surface area contributed by atoms with Crippen LogP contribution in [0.2, 0.25) is 0 Å². The first-order valence-corrected chi connectivity index (χ1v) is 7.48. The zero-order valence-electron chi connectivity index (χ0n) is 13.9. The fourth-order valence-corrected chi connectivity index (χ4v) is 2.17. The summed E-state index contributed by atoms with van der Waals surface area (Å²) in [7, 11) is 1.50. The number of rotatable bonds is 8. The Bertz CT molecular complexity index is 542. The highest BCUT2D eigenvalue weighted by Gasteiger charge is 2.24. The molecule has 2 atom stereocenters. The number of carbonyl (C=O) groups excluding carboxylic acids is 2. The summed E-state index contributed by atoms with van der Waals surface area (Å²) in [5, 5.41) is 15.6. The van der Waals surface area contributed by atoms with Crippen molar-refractivity contribution in [1.82, 2.24) is 20.0 Å². The predicted molar refractivity (Wildman–Crippen MR) is 83.6 cm³/mol. The maximum atomic E-state index is 12.2. The van der Waals surface area contributed by atoms with Crippen molar-refractivity contribution in [1.29, 1.82) is 0 Å². The second-order valence-electron chi connectivity index (χ2n) is 5.94. The van der Waals surface area contributed by atoms with Crippen LogP contribution < -0.4 is 5.32 Å². The summed E-state index contributed by atoms with van der Waals surface area (Å²) >= 11 is 0. The van der Waals surface area contributed by atoms with E-state index in [4.69, 9.17) is 5.11 Å². The Morgan fingerprint density at radius 2 is 1.96 bits per heavy atom. The molecule has 0 saturated heterocycles. The molecule has 8 nitrogen and oxygen atoms in total. The monoisotopic (exact) mass is 324 g/mol. The van der Waals surface area contributed by atoms with Crippen LogP contribution in [0.5, 0.6) is 0 Å². The summed E-state index contributed by atoms with van der Waals surface area (Å²) in [6.45, 7) is 5.24. The van der Waals surface area contributed by atoms with Crippen LogP contribution in [0, 0.1) is 5.92 Å². The molecule has 1 aromatic rings. The number of nitrogens with zero attached hydrogens (tertiary/aromatic N) is 3. The fourth-order valence-electron chi connectivity index (χ4n) is 2.17. The van der Waals surface area contributed by atoms with Crippen molar-refractivity contribution in [2.24, 2.45) is 5.92 Å². The van der Waals surface area contributed by atoms with Crippen LogP contribution >= 0.6 is 0 Å². The van der Waals surface area contributed by atoms with Gasteiger partial charge < -0.3 is 15.3 Å². The average Bonchev–Trinajstić information content (AvgIpc) is 2.98. The van der Waals surface area contributed by atoms with E-state index in [1.807, 2.05) is 13.8 Å². The van der Waals surface area contributed by atoms with Crippen molar-refractivity contribution in [3.05, 3.63) is 18.5 Å². The largest absolute Gasteiger partial charge is 0.480 e. The highest BCUT2D eigenvalue weighted by Crippen LogP contribution is 2.08. The summed E-state index contributed by atoms with van der Waals surface area (Å²) < 4.78 is 1.50. The van der Waals surface area contributed by atoms with E-state index in [-0.39, 0.29) is 18.4 Å². The Hall–Kier alpha value is -2.38. The lowest BCUT2D eigenvalue weighted by atomic mass is 10.0. The Balaban J connectivity index is 2.58. The van der Waals surface area contributed by atoms with Gasteiger partial charge in [-0.3, -0.25) is 14.3 Å². The summed E-state index contributed by atoms with van der Waals surface area (Å²) in [5.74, 6) is -1.72. The van der Waals surface area contributed by atoms with Gasteiger partial charge in [0, 0.05) is 19.4 Å². The Morgan fingerprint density at radius 1 is 1.30 bits per heavy atom. The van der Waals surface area contributed by atoms with Crippen molar-refractivity contribution in [3.8, 4) is 0 Å². The summed E-state index contributed by atoms with van der Waals surface area (Å²) in [6, 6.07) is 0.225. The molecule has 0 aliphatic heterocycles. The van der Waals surface area contributed by atoms with Gasteiger partial charge in [-0.25, -0.2) is 4.79 Å². The van der Waals surface area contributed by atoms with E-state index in [0.717, 1.165) is 0 Å². The number of hydrogen-bond acceptors (Lipinski definition) is 4. The van der Waals surface area contributed by atoms with Crippen LogP contribution in [-0.2, 0) is 14.4 Å². The van der Waals surface area contributed by atoms with E-state index in [1.54, 1.807) is 25.4 Å². The molecule has 1 aromatic heterocycles. The van der Waals surface area contributed by atoms with Crippen LogP contribution in [0.4, 0.5) is 0 Å². The first-order chi connectivity index (χ1) is 10.7. The molecule has 23 heavy (non-hydrogen) atoms. The summed E-state index contributed by atoms with van der Waals surface area (Å²) in [4.78, 5) is 36.6. The highest BCUT2D eigenvalue weighted by molar-refractivity contribution is 5.88. The molecule has 0 spiro atoms. The zero-order chi connectivity index (χ0) is 17.6. The molecule has 0 aromatic carbocycles. The molecule has 0 bridgehead atoms. The van der Waals surface area contributed by atoms with Crippen molar-refractivity contribution >= 4 is 17.8 Å². The van der Waals surface area contributed by atoms with Gasteiger partial charge in [0.2, 0.25) is 11.8 Å². The van der Waals surface area contributed by atoms with Crippen molar-refractivity contribution in [2.45, 2.75) is 39.3 Å². The van der Waals surface area contributed by atoms with E-state index in [2.05, 4.69) is 10.4 Å². The van der Waals surface area contributed by atoms with Gasteiger partial charge in [-0.1, -0.05) is 13.8 Å². The quantitative estimate of drug-likeness (QED) is 0.725. The molecular formula is C15H24N4O4. The van der Waals surface area contributed by atoms with E-state index in [9.17, 15) is 14.4 Å². The lowest BCUT2D eigenvalue weighted by Crippen LogP contribution is -2.47. The van der Waals surface area contributed by atoms with E-state index in [1.165, 1.54) is 16.6 Å². The number of carboxylic acid groups (broad SMARTS) is 1. The molecule has 2 amide bonds. The number of nitrogens with one attached hydrogen (secondary N) is 1. The number of hydrogen-bond donors (Lipinski definition) is 2. The van der Waals surface area contributed by atoms with Gasteiger partial charge in [-0.15, -0.1) is 0 Å². The molecule has 0 aliphatic rings. The van der Waals surface area contributed by atoms with E-state index in [0.29, 0.717) is 6.42 Å². The maximum absolute atomic E-state index is 12.2. The smallest absolute Gasteiger partial charge is 0.326 e. The van der Waals surface area contributed by atoms with E-state index < -0.39 is 24.0 Å². The minimum Gasteiger partial charge on any atom is -0.480 e. The van der Waals surface area contributed by atoms with Gasteiger partial charge in [-0.2, -0.15) is 5.10 Å². The minimum atomic E-state index is -1.08. The third kappa shape index (κ3) is 5.72. The second-order valence-corrected chi connectivity index (χ2v) is 5.94. The second kappa shape index (κ2) is 8.30. The van der Waals surface area contributed by atoms with Crippen LogP contribution in [0.3, 0.4) is 0 Å². The number of carbonyl (C=O) groups is 3. The van der Waals surface area contributed by atoms with Crippen LogP contribution in [0.1, 0.15) is 33.2 Å². The van der Waals surface area contributed by atoms with Crippen LogP contribution in [-0.4, -0.2) is 57.2 Å². The molecule has 0 saturated carbocycles. The molecule has 0 radical (unpaired) electrons. The number of aromatic nitrogens is 2. The molecule has 0 aliphatic carbocycles. The summed E-state index contributed by atoms with van der Waals surface area (Å²) in [5.41, 5.74) is 0. The first kappa shape index (κ1) is 18.7. The van der Waals surface area contributed by atoms with Gasteiger partial charge in [-0.05, 0) is 25.3 Å². The zero-order valence-corrected chi connectivity index (χ0v) is 13.9. The van der Waals surface area contributed by atoms with Crippen molar-refractivity contribution < 1.29 is 19.5 Å². The normalized spacial score (nSPS) is 13.4. The highest BCUT2D eigenvalue weighted by atomic mass is 16.4. The fraction of sp³-hybridized carbons (Fsp3) is 0.600. The topological polar surface area (TPSA) is 105 Å². The first-order valence-electron chi connectivity index (χ1n) is 7.48. The number of carboxylic acids is 1. The predicted octanol–water partition coefficient (Wildman–Crippen LogP) is 0.518. The lowest BCUT2D eigenvalue weighted by Gasteiger charge is -2.22. The molecule has 2 N–H and O–H groups in total. The third-order valence-corrected chi connectivity index (χ3v) is 3.38. The molecule has 8 heteroatoms. The average molecular weight is 324 g/mol. The Labute approximate surface area is 135 Å². The third-order valence-electron chi connectivity index (χ3n) is 3.38. The SMILES string of the molecule is CC(C)C[C@@H](NC(=O)CN(C)C(=O)C(C)n1cccn1)C(=O)O. The van der Waals surface area contributed by atoms with Gasteiger partial charge >= 0.3 is 5.97 Å². The van der Waals surface area contributed by atoms with Crippen LogP contribution in [0.15, 0.2) is 18.5 Å². The van der Waals surface area contributed by atoms with Crippen molar-refractivity contribution in [2.75, 3.05) is 13.6 Å². The number of amides is 2. The van der Waals surface area contributed by atoms with Gasteiger partial charge in [0.15, 0.2) is 0 Å². The maximum Gasteiger partial charge on any atom is 0.326 e. The Kier molecular flexibility index (Phi) is 6.74. The number of likely N-dealkylation sites (N-methyl/N-ethyl adjacent to an activating group) is 1. The van der Waals surface area contributed by atoms with Gasteiger partial charge in [0.25, 0.3) is 0 Å².